The van der Waals surface area contributed by atoms with Crippen LogP contribution >= 0.6 is 0 Å². The topological polar surface area (TPSA) is 105 Å². The monoisotopic (exact) mass is 431 g/mol. The number of ether oxygens (including phenoxy) is 1. The molecule has 8 nitrogen and oxygen atoms in total. The predicted molar refractivity (Wildman–Crippen MR) is 115 cm³/mol. The fraction of sp³-hybridized carbons (Fsp3) is 0.333. The van der Waals surface area contributed by atoms with Gasteiger partial charge in [0.1, 0.15) is 0 Å². The molecule has 1 saturated heterocycles. The highest BCUT2D eigenvalue weighted by Crippen LogP contribution is 2.23. The minimum Gasteiger partial charge on any atom is -0.378 e. The van der Waals surface area contributed by atoms with E-state index in [9.17, 15) is 18.0 Å². The standard InChI is InChI=1S/C21H25N3O5S/c1-15-7-8-18(19(13-15)30(2,27)28)22-14-20(25)23-17-6-4-3-5-16(17)21(26)24-9-11-29-12-10-24/h3-8,13,22H,9-12,14H2,1-2H3,(H,23,25). The van der Waals surface area contributed by atoms with E-state index in [4.69, 9.17) is 4.74 Å². The lowest BCUT2D eigenvalue weighted by Gasteiger charge is -2.27. The van der Waals surface area contributed by atoms with Crippen LogP contribution in [0.4, 0.5) is 11.4 Å². The zero-order valence-corrected chi connectivity index (χ0v) is 17.8. The zero-order valence-electron chi connectivity index (χ0n) is 17.0. The summed E-state index contributed by atoms with van der Waals surface area (Å²) in [6.45, 7) is 3.64. The molecule has 2 aromatic rings. The van der Waals surface area contributed by atoms with E-state index in [2.05, 4.69) is 10.6 Å². The number of nitrogens with zero attached hydrogens (tertiary/aromatic N) is 1. The zero-order chi connectivity index (χ0) is 21.7. The number of hydrogen-bond acceptors (Lipinski definition) is 6. The van der Waals surface area contributed by atoms with Gasteiger partial charge in [0.25, 0.3) is 5.91 Å². The van der Waals surface area contributed by atoms with Gasteiger partial charge in [-0.1, -0.05) is 18.2 Å². The number of para-hydroxylation sites is 1. The number of morpholine rings is 1. The average molecular weight is 432 g/mol. The van der Waals surface area contributed by atoms with Gasteiger partial charge in [-0.15, -0.1) is 0 Å². The molecule has 1 fully saturated rings. The summed E-state index contributed by atoms with van der Waals surface area (Å²) in [5, 5.41) is 5.62. The van der Waals surface area contributed by atoms with Gasteiger partial charge >= 0.3 is 0 Å². The molecule has 2 N–H and O–H groups in total. The van der Waals surface area contributed by atoms with Crippen molar-refractivity contribution in [1.82, 2.24) is 4.90 Å². The third-order valence-electron chi connectivity index (χ3n) is 4.71. The van der Waals surface area contributed by atoms with Crippen LogP contribution in [0.1, 0.15) is 15.9 Å². The van der Waals surface area contributed by atoms with E-state index in [0.717, 1.165) is 11.8 Å². The highest BCUT2D eigenvalue weighted by atomic mass is 32.2. The maximum atomic E-state index is 12.8. The second-order valence-corrected chi connectivity index (χ2v) is 9.11. The first-order valence-electron chi connectivity index (χ1n) is 9.56. The van der Waals surface area contributed by atoms with Gasteiger partial charge in [0.15, 0.2) is 9.84 Å². The lowest BCUT2D eigenvalue weighted by molar-refractivity contribution is -0.114. The molecule has 160 valence electrons. The molecule has 0 saturated carbocycles. The van der Waals surface area contributed by atoms with Gasteiger partial charge in [-0.25, -0.2) is 8.42 Å². The van der Waals surface area contributed by atoms with Crippen molar-refractivity contribution >= 4 is 33.0 Å². The second kappa shape index (κ2) is 9.27. The maximum Gasteiger partial charge on any atom is 0.256 e. The molecule has 2 amide bonds. The Bertz CT molecular complexity index is 1050. The lowest BCUT2D eigenvalue weighted by Crippen LogP contribution is -2.41. The number of aryl methyl sites for hydroxylation is 1. The Morgan fingerprint density at radius 2 is 1.77 bits per heavy atom. The Balaban J connectivity index is 1.70. The van der Waals surface area contributed by atoms with Crippen molar-refractivity contribution in [3.63, 3.8) is 0 Å². The third kappa shape index (κ3) is 5.37. The van der Waals surface area contributed by atoms with Crippen LogP contribution in [0.15, 0.2) is 47.4 Å². The second-order valence-electron chi connectivity index (χ2n) is 7.12. The Hall–Kier alpha value is -2.91. The van der Waals surface area contributed by atoms with Gasteiger partial charge in [0.05, 0.1) is 41.6 Å². The summed E-state index contributed by atoms with van der Waals surface area (Å²) in [5.41, 5.74) is 1.98. The van der Waals surface area contributed by atoms with E-state index in [1.54, 1.807) is 54.3 Å². The van der Waals surface area contributed by atoms with Gasteiger partial charge in [0, 0.05) is 19.3 Å². The van der Waals surface area contributed by atoms with Crippen molar-refractivity contribution in [3.05, 3.63) is 53.6 Å². The van der Waals surface area contributed by atoms with Crippen LogP contribution < -0.4 is 10.6 Å². The van der Waals surface area contributed by atoms with Gasteiger partial charge in [-0.2, -0.15) is 0 Å². The number of nitrogens with one attached hydrogen (secondary N) is 2. The third-order valence-corrected chi connectivity index (χ3v) is 5.84. The van der Waals surface area contributed by atoms with Crippen molar-refractivity contribution in [2.75, 3.05) is 49.7 Å². The molecule has 1 heterocycles. The molecule has 30 heavy (non-hydrogen) atoms. The number of sulfone groups is 1. The van der Waals surface area contributed by atoms with Crippen LogP contribution in [0.2, 0.25) is 0 Å². The summed E-state index contributed by atoms with van der Waals surface area (Å²) in [7, 11) is -3.45. The number of rotatable bonds is 6. The minimum absolute atomic E-state index is 0.137. The van der Waals surface area contributed by atoms with Crippen LogP contribution in [0.25, 0.3) is 0 Å². The van der Waals surface area contributed by atoms with Crippen molar-refractivity contribution < 1.29 is 22.7 Å². The molecular weight excluding hydrogens is 406 g/mol. The predicted octanol–water partition coefficient (Wildman–Crippen LogP) is 1.92. The summed E-state index contributed by atoms with van der Waals surface area (Å²) >= 11 is 0. The van der Waals surface area contributed by atoms with Crippen LogP contribution in [0, 0.1) is 6.92 Å². The number of hydrogen-bond donors (Lipinski definition) is 2. The molecule has 3 rings (SSSR count). The Kier molecular flexibility index (Phi) is 6.73. The molecule has 1 aliphatic rings. The van der Waals surface area contributed by atoms with Crippen molar-refractivity contribution in [2.45, 2.75) is 11.8 Å². The number of anilines is 2. The molecular formula is C21H25N3O5S. The maximum absolute atomic E-state index is 12.8. The minimum atomic E-state index is -3.45. The van der Waals surface area contributed by atoms with Crippen LogP contribution in [-0.2, 0) is 19.4 Å². The fourth-order valence-corrected chi connectivity index (χ4v) is 4.11. The van der Waals surface area contributed by atoms with Crippen molar-refractivity contribution in [2.24, 2.45) is 0 Å². The number of benzene rings is 2. The molecule has 9 heteroatoms. The Morgan fingerprint density at radius 1 is 1.07 bits per heavy atom. The molecule has 0 unspecified atom stereocenters. The summed E-state index contributed by atoms with van der Waals surface area (Å²) in [5.74, 6) is -0.558. The first-order valence-corrected chi connectivity index (χ1v) is 11.5. The normalized spacial score (nSPS) is 14.3. The van der Waals surface area contributed by atoms with E-state index in [1.807, 2.05) is 0 Å². The average Bonchev–Trinajstić information content (AvgIpc) is 2.72. The van der Waals surface area contributed by atoms with Gasteiger partial charge < -0.3 is 20.3 Å². The SMILES string of the molecule is Cc1ccc(NCC(=O)Nc2ccccc2C(=O)N2CCOCC2)c(S(C)(=O)=O)c1. The lowest BCUT2D eigenvalue weighted by atomic mass is 10.1. The molecule has 0 aliphatic carbocycles. The molecule has 0 spiro atoms. The number of carbonyl (C=O) groups is 2. The largest absolute Gasteiger partial charge is 0.378 e. The fourth-order valence-electron chi connectivity index (χ4n) is 3.17. The van der Waals surface area contributed by atoms with E-state index < -0.39 is 15.7 Å². The summed E-state index contributed by atoms with van der Waals surface area (Å²) in [6, 6.07) is 11.8. The summed E-state index contributed by atoms with van der Waals surface area (Å²) in [4.78, 5) is 27.1. The van der Waals surface area contributed by atoms with E-state index in [1.165, 1.54) is 0 Å². The first-order chi connectivity index (χ1) is 14.3. The van der Waals surface area contributed by atoms with Crippen molar-refractivity contribution in [3.8, 4) is 0 Å². The summed E-state index contributed by atoms with van der Waals surface area (Å²) < 4.78 is 29.3. The molecule has 0 atom stereocenters. The van der Waals surface area contributed by atoms with E-state index in [-0.39, 0.29) is 17.3 Å². The molecule has 1 aliphatic heterocycles. The molecule has 0 aromatic heterocycles. The van der Waals surface area contributed by atoms with Crippen LogP contribution in [0.3, 0.4) is 0 Å². The van der Waals surface area contributed by atoms with Crippen molar-refractivity contribution in [1.29, 1.82) is 0 Å². The van der Waals surface area contributed by atoms with Crippen LogP contribution in [-0.4, -0.2) is 64.2 Å². The highest BCUT2D eigenvalue weighted by molar-refractivity contribution is 7.90. The van der Waals surface area contributed by atoms with E-state index >= 15 is 0 Å². The first kappa shape index (κ1) is 21.8. The van der Waals surface area contributed by atoms with E-state index in [0.29, 0.717) is 43.2 Å². The smallest absolute Gasteiger partial charge is 0.256 e. The molecule has 2 aromatic carbocycles. The van der Waals surface area contributed by atoms with Crippen LogP contribution in [0.5, 0.6) is 0 Å². The Morgan fingerprint density at radius 3 is 2.47 bits per heavy atom. The quantitative estimate of drug-likeness (QED) is 0.724. The Labute approximate surface area is 176 Å². The summed E-state index contributed by atoms with van der Waals surface area (Å²) in [6.07, 6.45) is 1.13. The van der Waals surface area contributed by atoms with Gasteiger partial charge in [-0.05, 0) is 36.8 Å². The van der Waals surface area contributed by atoms with Gasteiger partial charge in [0.2, 0.25) is 5.91 Å². The number of carbonyl (C=O) groups excluding carboxylic acids is 2. The van der Waals surface area contributed by atoms with Gasteiger partial charge in [-0.3, -0.25) is 9.59 Å². The number of amides is 2. The molecule has 0 bridgehead atoms. The molecule has 0 radical (unpaired) electrons. The highest BCUT2D eigenvalue weighted by Gasteiger charge is 2.21.